The number of halogens is 4. The van der Waals surface area contributed by atoms with E-state index in [2.05, 4.69) is 15.4 Å². The fourth-order valence-corrected chi connectivity index (χ4v) is 1.24. The molecule has 0 aliphatic rings. The van der Waals surface area contributed by atoms with Crippen LogP contribution in [0.2, 0.25) is 0 Å². The molecule has 98 valence electrons. The highest BCUT2D eigenvalue weighted by Crippen LogP contribution is 2.20. The molecule has 0 saturated carbocycles. The van der Waals surface area contributed by atoms with Gasteiger partial charge in [0.2, 0.25) is 5.95 Å². The maximum absolute atomic E-state index is 12.8. The molecule has 9 heteroatoms. The van der Waals surface area contributed by atoms with Gasteiger partial charge >= 0.3 is 6.18 Å². The summed E-state index contributed by atoms with van der Waals surface area (Å²) in [6.07, 6.45) is -6.19. The number of alkyl halides is 3. The molecule has 0 aliphatic heterocycles. The van der Waals surface area contributed by atoms with E-state index in [4.69, 9.17) is 5.11 Å². The predicted octanol–water partition coefficient (Wildman–Crippen LogP) is 1.20. The normalized spacial score (nSPS) is 13.8. The van der Waals surface area contributed by atoms with Crippen molar-refractivity contribution in [2.75, 3.05) is 11.9 Å². The first-order valence-electron chi connectivity index (χ1n) is 4.87. The highest BCUT2D eigenvalue weighted by atomic mass is 19.4. The van der Waals surface area contributed by atoms with Crippen LogP contribution in [-0.2, 0) is 0 Å². The Morgan fingerprint density at radius 2 is 2.11 bits per heavy atom. The van der Waals surface area contributed by atoms with Crippen LogP contribution in [0.25, 0.3) is 5.65 Å². The molecule has 2 rings (SSSR count). The Labute approximate surface area is 98.1 Å². The molecule has 1 unspecified atom stereocenters. The standard InChI is InChI=1S/C9H8F4N4O/c10-5-1-2-7-15-8(16-17(7)4-5)14-3-6(18)9(11,12)13/h1-2,4,6,18H,3H2,(H,14,16). The molecule has 0 radical (unpaired) electrons. The Balaban J connectivity index is 2.09. The molecule has 5 nitrogen and oxygen atoms in total. The highest BCUT2D eigenvalue weighted by molar-refractivity contribution is 5.43. The van der Waals surface area contributed by atoms with Crippen molar-refractivity contribution in [2.45, 2.75) is 12.3 Å². The van der Waals surface area contributed by atoms with Gasteiger partial charge in [0.15, 0.2) is 11.8 Å². The fraction of sp³-hybridized carbons (Fsp3) is 0.333. The molecule has 0 saturated heterocycles. The third-order valence-electron chi connectivity index (χ3n) is 2.13. The number of nitrogens with zero attached hydrogens (tertiary/aromatic N) is 3. The number of nitrogens with one attached hydrogen (secondary N) is 1. The minimum atomic E-state index is -4.71. The van der Waals surface area contributed by atoms with E-state index in [1.807, 2.05) is 0 Å². The molecule has 2 heterocycles. The maximum Gasteiger partial charge on any atom is 0.416 e. The van der Waals surface area contributed by atoms with Crippen molar-refractivity contribution in [1.29, 1.82) is 0 Å². The molecule has 0 spiro atoms. The van der Waals surface area contributed by atoms with Crippen LogP contribution in [0.5, 0.6) is 0 Å². The van der Waals surface area contributed by atoms with Gasteiger partial charge < -0.3 is 10.4 Å². The lowest BCUT2D eigenvalue weighted by Gasteiger charge is -2.13. The van der Waals surface area contributed by atoms with Gasteiger partial charge in [-0.05, 0) is 12.1 Å². The average molecular weight is 264 g/mol. The number of aromatic nitrogens is 3. The van der Waals surface area contributed by atoms with E-state index < -0.39 is 24.6 Å². The number of fused-ring (bicyclic) bond motifs is 1. The molecule has 1 atom stereocenters. The van der Waals surface area contributed by atoms with Gasteiger partial charge in [-0.1, -0.05) is 0 Å². The van der Waals surface area contributed by atoms with Crippen LogP contribution < -0.4 is 5.32 Å². The second-order valence-electron chi connectivity index (χ2n) is 3.52. The van der Waals surface area contributed by atoms with Crippen LogP contribution in [0.3, 0.4) is 0 Å². The smallest absolute Gasteiger partial charge is 0.382 e. The zero-order valence-electron chi connectivity index (χ0n) is 8.82. The summed E-state index contributed by atoms with van der Waals surface area (Å²) >= 11 is 0. The summed E-state index contributed by atoms with van der Waals surface area (Å²) in [5, 5.41) is 14.7. The highest BCUT2D eigenvalue weighted by Gasteiger charge is 2.38. The van der Waals surface area contributed by atoms with E-state index in [-0.39, 0.29) is 11.6 Å². The molecule has 2 N–H and O–H groups in total. The third-order valence-corrected chi connectivity index (χ3v) is 2.13. The number of pyridine rings is 1. The molecular weight excluding hydrogens is 256 g/mol. The van der Waals surface area contributed by atoms with E-state index in [1.54, 1.807) is 0 Å². The lowest BCUT2D eigenvalue weighted by atomic mass is 10.3. The number of rotatable bonds is 3. The third kappa shape index (κ3) is 2.67. The molecule has 0 aromatic carbocycles. The van der Waals surface area contributed by atoms with Crippen molar-refractivity contribution in [2.24, 2.45) is 0 Å². The van der Waals surface area contributed by atoms with E-state index in [0.29, 0.717) is 0 Å². The average Bonchev–Trinajstić information content (AvgIpc) is 2.66. The van der Waals surface area contributed by atoms with Gasteiger partial charge in [-0.2, -0.15) is 18.2 Å². The molecular formula is C9H8F4N4O. The second-order valence-corrected chi connectivity index (χ2v) is 3.52. The monoisotopic (exact) mass is 264 g/mol. The molecule has 0 aliphatic carbocycles. The van der Waals surface area contributed by atoms with E-state index in [1.165, 1.54) is 6.07 Å². The quantitative estimate of drug-likeness (QED) is 0.818. The van der Waals surface area contributed by atoms with Crippen LogP contribution in [0, 0.1) is 5.82 Å². The lowest BCUT2D eigenvalue weighted by Crippen LogP contribution is -2.35. The van der Waals surface area contributed by atoms with Crippen molar-refractivity contribution in [3.8, 4) is 0 Å². The Kier molecular flexibility index (Phi) is 3.07. The molecule has 18 heavy (non-hydrogen) atoms. The Bertz CT molecular complexity index is 553. The van der Waals surface area contributed by atoms with Crippen LogP contribution in [0.4, 0.5) is 23.5 Å². The molecule has 0 bridgehead atoms. The number of aliphatic hydroxyl groups is 1. The van der Waals surface area contributed by atoms with Crippen molar-refractivity contribution < 1.29 is 22.7 Å². The Morgan fingerprint density at radius 3 is 2.78 bits per heavy atom. The van der Waals surface area contributed by atoms with Crippen LogP contribution in [0.15, 0.2) is 18.3 Å². The van der Waals surface area contributed by atoms with Gasteiger partial charge in [0.1, 0.15) is 5.82 Å². The zero-order valence-corrected chi connectivity index (χ0v) is 8.82. The van der Waals surface area contributed by atoms with Gasteiger partial charge in [0.25, 0.3) is 0 Å². The number of anilines is 1. The summed E-state index contributed by atoms with van der Waals surface area (Å²) in [6.45, 7) is -0.775. The minimum Gasteiger partial charge on any atom is -0.382 e. The largest absolute Gasteiger partial charge is 0.416 e. The topological polar surface area (TPSA) is 62.5 Å². The van der Waals surface area contributed by atoms with Crippen LogP contribution in [0.1, 0.15) is 0 Å². The molecule has 2 aromatic heterocycles. The number of hydrogen-bond donors (Lipinski definition) is 2. The van der Waals surface area contributed by atoms with Gasteiger partial charge in [-0.25, -0.2) is 8.91 Å². The summed E-state index contributed by atoms with van der Waals surface area (Å²) < 4.78 is 50.0. The van der Waals surface area contributed by atoms with Crippen molar-refractivity contribution >= 4 is 11.6 Å². The summed E-state index contributed by atoms with van der Waals surface area (Å²) in [5.74, 6) is -0.668. The summed E-state index contributed by atoms with van der Waals surface area (Å²) in [6, 6.07) is 2.48. The van der Waals surface area contributed by atoms with E-state index >= 15 is 0 Å². The van der Waals surface area contributed by atoms with Gasteiger partial charge in [0, 0.05) is 0 Å². The zero-order chi connectivity index (χ0) is 13.3. The van der Waals surface area contributed by atoms with E-state index in [9.17, 15) is 17.6 Å². The maximum atomic E-state index is 12.8. The first-order valence-corrected chi connectivity index (χ1v) is 4.87. The fourth-order valence-electron chi connectivity index (χ4n) is 1.24. The summed E-state index contributed by atoms with van der Waals surface area (Å²) in [5.41, 5.74) is 0.278. The van der Waals surface area contributed by atoms with Crippen LogP contribution in [-0.4, -0.2) is 38.5 Å². The van der Waals surface area contributed by atoms with E-state index in [0.717, 1.165) is 16.8 Å². The lowest BCUT2D eigenvalue weighted by molar-refractivity contribution is -0.198. The summed E-state index contributed by atoms with van der Waals surface area (Å²) in [4.78, 5) is 3.80. The van der Waals surface area contributed by atoms with Crippen molar-refractivity contribution in [3.05, 3.63) is 24.1 Å². The molecule has 0 fully saturated rings. The second kappa shape index (κ2) is 4.41. The van der Waals surface area contributed by atoms with Gasteiger partial charge in [-0.3, -0.25) is 0 Å². The first kappa shape index (κ1) is 12.6. The predicted molar refractivity (Wildman–Crippen MR) is 53.5 cm³/mol. The SMILES string of the molecule is OC(CNc1nc2ccc(F)cn2n1)C(F)(F)F. The Hall–Kier alpha value is -1.90. The molecule has 2 aromatic rings. The van der Waals surface area contributed by atoms with Gasteiger partial charge in [0.05, 0.1) is 12.7 Å². The summed E-state index contributed by atoms with van der Waals surface area (Å²) in [7, 11) is 0. The van der Waals surface area contributed by atoms with Crippen molar-refractivity contribution in [1.82, 2.24) is 14.6 Å². The molecule has 0 amide bonds. The first-order chi connectivity index (χ1) is 8.36. The Morgan fingerprint density at radius 1 is 1.39 bits per heavy atom. The number of hydrogen-bond acceptors (Lipinski definition) is 4. The minimum absolute atomic E-state index is 0.121. The van der Waals surface area contributed by atoms with Gasteiger partial charge in [-0.15, -0.1) is 5.10 Å². The van der Waals surface area contributed by atoms with Crippen molar-refractivity contribution in [3.63, 3.8) is 0 Å². The van der Waals surface area contributed by atoms with Crippen LogP contribution >= 0.6 is 0 Å². The number of aliphatic hydroxyl groups excluding tert-OH is 1.